The van der Waals surface area contributed by atoms with Crippen molar-refractivity contribution in [3.05, 3.63) is 72.6 Å². The minimum Gasteiger partial charge on any atom is -0.307 e. The molecule has 0 amide bonds. The van der Waals surface area contributed by atoms with Crippen molar-refractivity contribution in [3.63, 3.8) is 0 Å². The Balaban J connectivity index is 1.90. The summed E-state index contributed by atoms with van der Waals surface area (Å²) in [6, 6.07) is 8.17. The number of nitro groups is 1. The number of pyridine rings is 1. The van der Waals surface area contributed by atoms with Crippen LogP contribution in [0.1, 0.15) is 36.1 Å². The predicted molar refractivity (Wildman–Crippen MR) is 107 cm³/mol. The average molecular weight is 473 g/mol. The fourth-order valence-electron chi connectivity index (χ4n) is 3.27. The lowest BCUT2D eigenvalue weighted by Gasteiger charge is -2.29. The highest BCUT2D eigenvalue weighted by atomic mass is 127. The van der Waals surface area contributed by atoms with Gasteiger partial charge < -0.3 is 5.73 Å². The molecule has 8 heteroatoms. The Kier molecular flexibility index (Phi) is 5.47. The third-order valence-corrected chi connectivity index (χ3v) is 6.18. The molecule has 1 fully saturated rings. The van der Waals surface area contributed by atoms with E-state index in [2.05, 4.69) is 14.8 Å². The Morgan fingerprint density at radius 2 is 2.16 bits per heavy atom. The summed E-state index contributed by atoms with van der Waals surface area (Å²) in [5, 5.41) is 15.7. The Bertz CT molecular complexity index is 801. The summed E-state index contributed by atoms with van der Waals surface area (Å²) in [6.07, 6.45) is 4.46. The molecule has 0 aliphatic carbocycles. The Labute approximate surface area is 160 Å². The first-order chi connectivity index (χ1) is 11.9. The molecule has 1 aliphatic rings. The van der Waals surface area contributed by atoms with Gasteiger partial charge in [0.05, 0.1) is 0 Å². The van der Waals surface area contributed by atoms with Gasteiger partial charge in [0.2, 0.25) is 0 Å². The summed E-state index contributed by atoms with van der Waals surface area (Å²) >= 11 is 5.49. The van der Waals surface area contributed by atoms with E-state index in [9.17, 15) is 10.1 Å². The number of hydrogen-bond donors (Lipinski definition) is 2. The molecule has 0 bridgehead atoms. The van der Waals surface area contributed by atoms with Crippen LogP contribution in [0.25, 0.3) is 0 Å². The SMILES string of the molecule is C=Ic1cncc([C@@H]([N+](=O)[O-])[C@@]2(N)CC[C@H](c3ccc(Cl)cc3)N2)c1. The minimum atomic E-state index is -1.13. The molecule has 3 N–H and O–H groups in total. The number of halogens is 2. The predicted octanol–water partition coefficient (Wildman–Crippen LogP) is 3.40. The zero-order chi connectivity index (χ0) is 18.0. The van der Waals surface area contributed by atoms with Crippen molar-refractivity contribution in [3.8, 4) is 0 Å². The molecule has 2 heterocycles. The van der Waals surface area contributed by atoms with Crippen molar-refractivity contribution in [2.75, 3.05) is 0 Å². The molecule has 0 radical (unpaired) electrons. The van der Waals surface area contributed by atoms with Crippen LogP contribution in [0, 0.1) is 13.7 Å². The number of nitrogens with one attached hydrogen (secondary N) is 1. The van der Waals surface area contributed by atoms with Crippen LogP contribution in [0.4, 0.5) is 0 Å². The number of rotatable bonds is 5. The maximum Gasteiger partial charge on any atom is 0.270 e. The highest BCUT2D eigenvalue weighted by Gasteiger charge is 2.50. The third-order valence-electron chi connectivity index (χ3n) is 4.46. The Hall–Kier alpha value is -1.42. The molecule has 1 aromatic heterocycles. The number of hydrogen-bond acceptors (Lipinski definition) is 5. The lowest BCUT2D eigenvalue weighted by Crippen LogP contribution is -2.56. The molecular formula is C17H18ClIN4O2. The molecule has 1 saturated heterocycles. The second-order valence-corrected chi connectivity index (χ2v) is 8.53. The van der Waals surface area contributed by atoms with E-state index in [1.165, 1.54) is 6.20 Å². The third kappa shape index (κ3) is 3.89. The van der Waals surface area contributed by atoms with Gasteiger partial charge in [0.1, 0.15) is 5.66 Å². The molecule has 3 rings (SSSR count). The van der Waals surface area contributed by atoms with Crippen LogP contribution >= 0.6 is 32.3 Å². The van der Waals surface area contributed by atoms with Crippen molar-refractivity contribution in [2.45, 2.75) is 30.6 Å². The summed E-state index contributed by atoms with van der Waals surface area (Å²) < 4.78 is 4.87. The van der Waals surface area contributed by atoms with E-state index in [1.54, 1.807) is 6.20 Å². The van der Waals surface area contributed by atoms with Gasteiger partial charge >= 0.3 is 0 Å². The largest absolute Gasteiger partial charge is 0.307 e. The van der Waals surface area contributed by atoms with Gasteiger partial charge in [-0.15, -0.1) is 0 Å². The van der Waals surface area contributed by atoms with Gasteiger partial charge in [0.25, 0.3) is 6.04 Å². The number of benzene rings is 1. The Morgan fingerprint density at radius 1 is 1.44 bits per heavy atom. The van der Waals surface area contributed by atoms with Gasteiger partial charge in [-0.25, -0.2) is 0 Å². The van der Waals surface area contributed by atoms with E-state index in [0.717, 1.165) is 15.6 Å². The Morgan fingerprint density at radius 3 is 2.80 bits per heavy atom. The van der Waals surface area contributed by atoms with Gasteiger partial charge in [-0.1, -0.05) is 49.0 Å². The van der Waals surface area contributed by atoms with Crippen LogP contribution < -0.4 is 11.1 Å². The topological polar surface area (TPSA) is 94.1 Å². The average Bonchev–Trinajstić information content (AvgIpc) is 2.98. The van der Waals surface area contributed by atoms with Crippen LogP contribution in [0.5, 0.6) is 0 Å². The highest BCUT2D eigenvalue weighted by Crippen LogP contribution is 2.39. The van der Waals surface area contributed by atoms with Crippen LogP contribution in [0.3, 0.4) is 0 Å². The lowest BCUT2D eigenvalue weighted by molar-refractivity contribution is -0.542. The van der Waals surface area contributed by atoms with E-state index < -0.39 is 32.4 Å². The van der Waals surface area contributed by atoms with Crippen molar-refractivity contribution < 1.29 is 4.92 Å². The van der Waals surface area contributed by atoms with E-state index in [0.29, 0.717) is 17.0 Å². The standard InChI is InChI=1S/C17H18ClIN4O2/c1-19-14-8-12(9-21-10-14)16(23(24)25)17(20)7-6-15(22-17)11-2-4-13(18)5-3-11/h2-5,8-10,15-16,22H,1,6-7,20H2/t15-,16-,17-/m1/s1. The second kappa shape index (κ2) is 7.45. The minimum absolute atomic E-state index is 0.0406. The van der Waals surface area contributed by atoms with E-state index in [4.69, 9.17) is 17.3 Å². The fraction of sp³-hybridized carbons (Fsp3) is 0.294. The lowest BCUT2D eigenvalue weighted by atomic mass is 9.94. The van der Waals surface area contributed by atoms with E-state index in [-0.39, 0.29) is 11.0 Å². The van der Waals surface area contributed by atoms with Crippen molar-refractivity contribution in [1.82, 2.24) is 10.3 Å². The molecule has 132 valence electrons. The van der Waals surface area contributed by atoms with Crippen molar-refractivity contribution in [1.29, 1.82) is 0 Å². The second-order valence-electron chi connectivity index (χ2n) is 6.09. The zero-order valence-electron chi connectivity index (χ0n) is 13.4. The van der Waals surface area contributed by atoms with Crippen LogP contribution in [0.15, 0.2) is 42.7 Å². The van der Waals surface area contributed by atoms with Crippen molar-refractivity contribution >= 4 is 36.8 Å². The van der Waals surface area contributed by atoms with Crippen LogP contribution in [0.2, 0.25) is 5.02 Å². The fourth-order valence-corrected chi connectivity index (χ4v) is 4.33. The highest BCUT2D eigenvalue weighted by molar-refractivity contribution is 14.2. The molecule has 1 aromatic carbocycles. The molecule has 3 atom stereocenters. The molecule has 25 heavy (non-hydrogen) atoms. The number of nitrogens with zero attached hydrogens (tertiary/aromatic N) is 2. The smallest absolute Gasteiger partial charge is 0.270 e. The first kappa shape index (κ1) is 18.4. The van der Waals surface area contributed by atoms with E-state index >= 15 is 0 Å². The van der Waals surface area contributed by atoms with Crippen molar-refractivity contribution in [2.24, 2.45) is 5.73 Å². The maximum atomic E-state index is 11.8. The molecular weight excluding hydrogens is 455 g/mol. The van der Waals surface area contributed by atoms with Gasteiger partial charge in [0.15, 0.2) is 0 Å². The molecule has 0 saturated carbocycles. The first-order valence-electron chi connectivity index (χ1n) is 7.72. The molecule has 6 nitrogen and oxygen atoms in total. The zero-order valence-corrected chi connectivity index (χ0v) is 16.3. The summed E-state index contributed by atoms with van der Waals surface area (Å²) in [5.41, 5.74) is 6.89. The van der Waals surface area contributed by atoms with Crippen LogP contribution in [-0.2, 0) is 0 Å². The molecule has 0 unspecified atom stereocenters. The van der Waals surface area contributed by atoms with Gasteiger partial charge in [-0.3, -0.25) is 20.4 Å². The summed E-state index contributed by atoms with van der Waals surface area (Å²) in [7, 11) is 0. The molecule has 0 spiro atoms. The first-order valence-corrected chi connectivity index (χ1v) is 10.7. The summed E-state index contributed by atoms with van der Waals surface area (Å²) in [5.74, 6) is 0. The number of aromatic nitrogens is 1. The number of nitrogens with two attached hydrogens (primary N) is 1. The quantitative estimate of drug-likeness (QED) is 0.395. The van der Waals surface area contributed by atoms with Crippen LogP contribution in [-0.4, -0.2) is 20.1 Å². The van der Waals surface area contributed by atoms with Gasteiger partial charge in [-0.05, 0) is 36.6 Å². The monoisotopic (exact) mass is 472 g/mol. The normalized spacial score (nSPS) is 24.2. The maximum absolute atomic E-state index is 11.8. The van der Waals surface area contributed by atoms with Gasteiger partial charge in [0, 0.05) is 37.5 Å². The molecule has 1 aliphatic heterocycles. The molecule has 2 aromatic rings. The van der Waals surface area contributed by atoms with E-state index in [1.807, 2.05) is 30.3 Å². The van der Waals surface area contributed by atoms with Gasteiger partial charge in [-0.2, -0.15) is 0 Å². The summed E-state index contributed by atoms with van der Waals surface area (Å²) in [6.45, 7) is 0. The summed E-state index contributed by atoms with van der Waals surface area (Å²) in [4.78, 5) is 15.6.